The summed E-state index contributed by atoms with van der Waals surface area (Å²) in [7, 11) is 2.01. The number of nitrogens with one attached hydrogen (secondary N) is 1. The van der Waals surface area contributed by atoms with Gasteiger partial charge in [0.15, 0.2) is 0 Å². The van der Waals surface area contributed by atoms with Gasteiger partial charge in [0.05, 0.1) is 0 Å². The molecule has 0 saturated carbocycles. The number of hydrogen-bond acceptors (Lipinski definition) is 2. The van der Waals surface area contributed by atoms with Gasteiger partial charge in [0.25, 0.3) is 5.91 Å². The molecule has 0 aliphatic heterocycles. The van der Waals surface area contributed by atoms with Crippen molar-refractivity contribution in [3.05, 3.63) is 89.4 Å². The molecule has 0 bridgehead atoms. The minimum atomic E-state index is -0.157. The van der Waals surface area contributed by atoms with Crippen LogP contribution in [0.1, 0.15) is 10.4 Å². The fourth-order valence-corrected chi connectivity index (χ4v) is 2.50. The van der Waals surface area contributed by atoms with Crippen LogP contribution in [0.25, 0.3) is 0 Å². The zero-order valence-electron chi connectivity index (χ0n) is 13.2. The van der Waals surface area contributed by atoms with Crippen LogP contribution in [0.2, 0.25) is 5.02 Å². The number of anilines is 3. The van der Waals surface area contributed by atoms with Crippen LogP contribution in [0, 0.1) is 0 Å². The summed E-state index contributed by atoms with van der Waals surface area (Å²) >= 11 is 5.84. The minimum absolute atomic E-state index is 0.157. The van der Waals surface area contributed by atoms with Crippen molar-refractivity contribution >= 4 is 34.6 Å². The van der Waals surface area contributed by atoms with Gasteiger partial charge >= 0.3 is 0 Å². The quantitative estimate of drug-likeness (QED) is 0.695. The van der Waals surface area contributed by atoms with Crippen molar-refractivity contribution in [2.75, 3.05) is 17.3 Å². The summed E-state index contributed by atoms with van der Waals surface area (Å²) in [4.78, 5) is 14.3. The van der Waals surface area contributed by atoms with Crippen LogP contribution in [-0.2, 0) is 0 Å². The second-order valence-electron chi connectivity index (χ2n) is 5.40. The zero-order chi connectivity index (χ0) is 16.9. The molecule has 3 nitrogen and oxygen atoms in total. The SMILES string of the molecule is CN(c1ccccc1)c1ccc(NC(=O)c2ccc(Cl)cc2)cc1. The number of para-hydroxylation sites is 1. The number of benzene rings is 3. The van der Waals surface area contributed by atoms with E-state index in [-0.39, 0.29) is 5.91 Å². The van der Waals surface area contributed by atoms with Crippen LogP contribution >= 0.6 is 11.6 Å². The molecule has 0 unspecified atom stereocenters. The van der Waals surface area contributed by atoms with Gasteiger partial charge < -0.3 is 10.2 Å². The van der Waals surface area contributed by atoms with Gasteiger partial charge in [0, 0.05) is 34.7 Å². The molecule has 0 atom stereocenters. The van der Waals surface area contributed by atoms with Gasteiger partial charge in [-0.25, -0.2) is 0 Å². The Labute approximate surface area is 146 Å². The maximum atomic E-state index is 12.2. The molecule has 0 heterocycles. The Hall–Kier alpha value is -2.78. The molecule has 0 aromatic heterocycles. The van der Waals surface area contributed by atoms with E-state index in [0.29, 0.717) is 10.6 Å². The highest BCUT2D eigenvalue weighted by molar-refractivity contribution is 6.30. The van der Waals surface area contributed by atoms with E-state index < -0.39 is 0 Å². The predicted octanol–water partition coefficient (Wildman–Crippen LogP) is 5.36. The molecular weight excluding hydrogens is 320 g/mol. The highest BCUT2D eigenvalue weighted by Gasteiger charge is 2.07. The molecule has 120 valence electrons. The number of carbonyl (C=O) groups excluding carboxylic acids is 1. The molecule has 3 aromatic rings. The Kier molecular flexibility index (Phi) is 4.82. The number of rotatable bonds is 4. The number of nitrogens with zero attached hydrogens (tertiary/aromatic N) is 1. The average molecular weight is 337 g/mol. The van der Waals surface area contributed by atoms with Crippen LogP contribution in [0.3, 0.4) is 0 Å². The first-order valence-electron chi connectivity index (χ1n) is 7.59. The lowest BCUT2D eigenvalue weighted by Gasteiger charge is -2.19. The minimum Gasteiger partial charge on any atom is -0.345 e. The predicted molar refractivity (Wildman–Crippen MR) is 100 cm³/mol. The Morgan fingerprint density at radius 2 is 1.42 bits per heavy atom. The number of carbonyl (C=O) groups is 1. The Morgan fingerprint density at radius 3 is 2.04 bits per heavy atom. The number of amides is 1. The lowest BCUT2D eigenvalue weighted by molar-refractivity contribution is 0.102. The molecule has 0 radical (unpaired) electrons. The van der Waals surface area contributed by atoms with Gasteiger partial charge in [0.2, 0.25) is 0 Å². The third-order valence-electron chi connectivity index (χ3n) is 3.76. The average Bonchev–Trinajstić information content (AvgIpc) is 2.63. The lowest BCUT2D eigenvalue weighted by Crippen LogP contribution is -2.12. The van der Waals surface area contributed by atoms with Crippen LogP contribution in [0.5, 0.6) is 0 Å². The zero-order valence-corrected chi connectivity index (χ0v) is 14.0. The molecule has 0 spiro atoms. The second kappa shape index (κ2) is 7.20. The summed E-state index contributed by atoms with van der Waals surface area (Å²) in [5.41, 5.74) is 3.48. The van der Waals surface area contributed by atoms with Crippen molar-refractivity contribution in [2.24, 2.45) is 0 Å². The molecule has 0 aliphatic carbocycles. The highest BCUT2D eigenvalue weighted by atomic mass is 35.5. The van der Waals surface area contributed by atoms with E-state index in [1.54, 1.807) is 24.3 Å². The van der Waals surface area contributed by atoms with Gasteiger partial charge in [-0.3, -0.25) is 4.79 Å². The normalized spacial score (nSPS) is 10.2. The molecule has 0 aliphatic rings. The van der Waals surface area contributed by atoms with Crippen molar-refractivity contribution in [3.63, 3.8) is 0 Å². The summed E-state index contributed by atoms with van der Waals surface area (Å²) in [6.07, 6.45) is 0. The summed E-state index contributed by atoms with van der Waals surface area (Å²) < 4.78 is 0. The van der Waals surface area contributed by atoms with Crippen LogP contribution in [0.15, 0.2) is 78.9 Å². The van der Waals surface area contributed by atoms with Gasteiger partial charge in [0.1, 0.15) is 0 Å². The molecule has 1 amide bonds. The molecule has 0 fully saturated rings. The maximum Gasteiger partial charge on any atom is 0.255 e. The molecular formula is C20H17ClN2O. The summed E-state index contributed by atoms with van der Waals surface area (Å²) in [5.74, 6) is -0.157. The fourth-order valence-electron chi connectivity index (χ4n) is 2.37. The Bertz CT molecular complexity index is 815. The molecule has 4 heteroatoms. The number of hydrogen-bond donors (Lipinski definition) is 1. The third kappa shape index (κ3) is 3.76. The van der Waals surface area contributed by atoms with Crippen LogP contribution in [0.4, 0.5) is 17.1 Å². The molecule has 1 N–H and O–H groups in total. The highest BCUT2D eigenvalue weighted by Crippen LogP contribution is 2.24. The molecule has 3 rings (SSSR count). The van der Waals surface area contributed by atoms with E-state index >= 15 is 0 Å². The first kappa shape index (κ1) is 16.1. The largest absolute Gasteiger partial charge is 0.345 e. The van der Waals surface area contributed by atoms with E-state index in [2.05, 4.69) is 22.3 Å². The van der Waals surface area contributed by atoms with Crippen molar-refractivity contribution in [1.29, 1.82) is 0 Å². The van der Waals surface area contributed by atoms with E-state index in [4.69, 9.17) is 11.6 Å². The van der Waals surface area contributed by atoms with Gasteiger partial charge in [-0.2, -0.15) is 0 Å². The van der Waals surface area contributed by atoms with Crippen molar-refractivity contribution in [2.45, 2.75) is 0 Å². The standard InChI is InChI=1S/C20H17ClN2O/c1-23(18-5-3-2-4-6-18)19-13-11-17(12-14-19)22-20(24)15-7-9-16(21)10-8-15/h2-14H,1H3,(H,22,24). The van der Waals surface area contributed by atoms with Gasteiger partial charge in [-0.15, -0.1) is 0 Å². The van der Waals surface area contributed by atoms with E-state index in [0.717, 1.165) is 17.1 Å². The van der Waals surface area contributed by atoms with Gasteiger partial charge in [-0.05, 0) is 60.7 Å². The maximum absolute atomic E-state index is 12.2. The van der Waals surface area contributed by atoms with E-state index in [9.17, 15) is 4.79 Å². The van der Waals surface area contributed by atoms with Crippen LogP contribution in [-0.4, -0.2) is 13.0 Å². The topological polar surface area (TPSA) is 32.3 Å². The summed E-state index contributed by atoms with van der Waals surface area (Å²) in [6, 6.07) is 24.7. The van der Waals surface area contributed by atoms with Crippen molar-refractivity contribution < 1.29 is 4.79 Å². The number of halogens is 1. The lowest BCUT2D eigenvalue weighted by atomic mass is 10.2. The van der Waals surface area contributed by atoms with Crippen molar-refractivity contribution in [1.82, 2.24) is 0 Å². The summed E-state index contributed by atoms with van der Waals surface area (Å²) in [5, 5.41) is 3.49. The first-order chi connectivity index (χ1) is 11.6. The molecule has 24 heavy (non-hydrogen) atoms. The Balaban J connectivity index is 1.70. The first-order valence-corrected chi connectivity index (χ1v) is 7.97. The Morgan fingerprint density at radius 1 is 0.833 bits per heavy atom. The third-order valence-corrected chi connectivity index (χ3v) is 4.01. The van der Waals surface area contributed by atoms with E-state index in [1.807, 2.05) is 49.5 Å². The molecule has 3 aromatic carbocycles. The van der Waals surface area contributed by atoms with Crippen LogP contribution < -0.4 is 10.2 Å². The fraction of sp³-hybridized carbons (Fsp3) is 0.0500. The van der Waals surface area contributed by atoms with E-state index in [1.165, 1.54) is 0 Å². The smallest absolute Gasteiger partial charge is 0.255 e. The molecule has 0 saturated heterocycles. The monoisotopic (exact) mass is 336 g/mol. The van der Waals surface area contributed by atoms with Gasteiger partial charge in [-0.1, -0.05) is 29.8 Å². The van der Waals surface area contributed by atoms with Crippen molar-refractivity contribution in [3.8, 4) is 0 Å². The summed E-state index contributed by atoms with van der Waals surface area (Å²) in [6.45, 7) is 0. The second-order valence-corrected chi connectivity index (χ2v) is 5.84.